The number of rotatable bonds is 7. The fraction of sp³-hybridized carbons (Fsp3) is 0.348. The maximum absolute atomic E-state index is 13.2. The van der Waals surface area contributed by atoms with Gasteiger partial charge in [-0.2, -0.15) is 4.72 Å². The summed E-state index contributed by atoms with van der Waals surface area (Å²) >= 11 is 1.24. The zero-order valence-electron chi connectivity index (χ0n) is 19.1. The van der Waals surface area contributed by atoms with Crippen molar-refractivity contribution >= 4 is 32.4 Å². The highest BCUT2D eigenvalue weighted by atomic mass is 32.2. The molecule has 7 nitrogen and oxygen atoms in total. The Morgan fingerprint density at radius 1 is 0.969 bits per heavy atom. The molecule has 1 atom stereocenters. The van der Waals surface area contributed by atoms with Gasteiger partial charge in [0.25, 0.3) is 0 Å². The molecular formula is C23H28N4O3S2. The predicted molar refractivity (Wildman–Crippen MR) is 128 cm³/mol. The van der Waals surface area contributed by atoms with Gasteiger partial charge in [-0.25, -0.2) is 8.42 Å². The molecular weight excluding hydrogens is 444 g/mol. The zero-order valence-corrected chi connectivity index (χ0v) is 20.7. The van der Waals surface area contributed by atoms with Gasteiger partial charge < -0.3 is 0 Å². The van der Waals surface area contributed by atoms with Gasteiger partial charge in [-0.15, -0.1) is 10.2 Å². The third kappa shape index (κ3) is 5.40. The van der Waals surface area contributed by atoms with E-state index < -0.39 is 22.0 Å². The van der Waals surface area contributed by atoms with E-state index in [1.165, 1.54) is 11.3 Å². The summed E-state index contributed by atoms with van der Waals surface area (Å²) in [6.07, 6.45) is 0. The summed E-state index contributed by atoms with van der Waals surface area (Å²) in [4.78, 5) is 13.2. The second-order valence-electron chi connectivity index (χ2n) is 8.34. The Kier molecular flexibility index (Phi) is 7.12. The minimum absolute atomic E-state index is 0.208. The highest BCUT2D eigenvalue weighted by molar-refractivity contribution is 7.89. The maximum Gasteiger partial charge on any atom is 0.244 e. The molecule has 3 rings (SSSR count). The van der Waals surface area contributed by atoms with Crippen LogP contribution in [0, 0.1) is 33.6 Å². The van der Waals surface area contributed by atoms with Crippen LogP contribution in [0.4, 0.5) is 5.13 Å². The van der Waals surface area contributed by atoms with Crippen molar-refractivity contribution in [3.63, 3.8) is 0 Å². The summed E-state index contributed by atoms with van der Waals surface area (Å²) in [5.41, 5.74) is 4.28. The van der Waals surface area contributed by atoms with E-state index in [1.54, 1.807) is 27.7 Å². The molecule has 170 valence electrons. The lowest BCUT2D eigenvalue weighted by atomic mass is 10.1. The molecule has 2 N–H and O–H groups in total. The minimum atomic E-state index is -3.91. The second-order valence-corrected chi connectivity index (χ2v) is 11.0. The van der Waals surface area contributed by atoms with E-state index in [4.69, 9.17) is 0 Å². The van der Waals surface area contributed by atoms with Gasteiger partial charge in [0.05, 0.1) is 4.90 Å². The van der Waals surface area contributed by atoms with Crippen LogP contribution in [0.25, 0.3) is 10.6 Å². The van der Waals surface area contributed by atoms with Crippen LogP contribution in [0.3, 0.4) is 0 Å². The van der Waals surface area contributed by atoms with Crippen LogP contribution in [0.2, 0.25) is 0 Å². The summed E-state index contributed by atoms with van der Waals surface area (Å²) in [7, 11) is -3.91. The number of aryl methyl sites for hydroxylation is 4. The lowest BCUT2D eigenvalue weighted by Gasteiger charge is -2.22. The van der Waals surface area contributed by atoms with E-state index in [1.807, 2.05) is 50.2 Å². The van der Waals surface area contributed by atoms with Crippen LogP contribution in [0.1, 0.15) is 36.1 Å². The fourth-order valence-electron chi connectivity index (χ4n) is 3.66. The molecule has 0 radical (unpaired) electrons. The van der Waals surface area contributed by atoms with Crippen molar-refractivity contribution in [1.29, 1.82) is 0 Å². The quantitative estimate of drug-likeness (QED) is 0.531. The van der Waals surface area contributed by atoms with Crippen molar-refractivity contribution in [2.75, 3.05) is 5.32 Å². The zero-order chi connectivity index (χ0) is 23.6. The molecule has 32 heavy (non-hydrogen) atoms. The van der Waals surface area contributed by atoms with Crippen LogP contribution in [-0.4, -0.2) is 30.6 Å². The molecule has 1 amide bonds. The highest BCUT2D eigenvalue weighted by Gasteiger charge is 2.30. The van der Waals surface area contributed by atoms with E-state index >= 15 is 0 Å². The molecule has 0 fully saturated rings. The van der Waals surface area contributed by atoms with Gasteiger partial charge in [-0.1, -0.05) is 66.6 Å². The molecule has 0 saturated carbocycles. The van der Waals surface area contributed by atoms with E-state index in [9.17, 15) is 13.2 Å². The van der Waals surface area contributed by atoms with Crippen LogP contribution in [0.15, 0.2) is 41.3 Å². The number of sulfonamides is 1. The summed E-state index contributed by atoms with van der Waals surface area (Å²) in [5.74, 6) is -0.752. The number of nitrogens with one attached hydrogen (secondary N) is 2. The molecule has 9 heteroatoms. The topological polar surface area (TPSA) is 101 Å². The Bertz CT molecular complexity index is 1230. The smallest absolute Gasteiger partial charge is 0.244 e. The molecule has 3 aromatic rings. The van der Waals surface area contributed by atoms with Crippen LogP contribution in [0.5, 0.6) is 0 Å². The molecule has 1 unspecified atom stereocenters. The van der Waals surface area contributed by atoms with E-state index in [0.29, 0.717) is 21.3 Å². The largest absolute Gasteiger partial charge is 0.299 e. The van der Waals surface area contributed by atoms with Crippen molar-refractivity contribution in [3.05, 3.63) is 58.7 Å². The third-order valence-electron chi connectivity index (χ3n) is 5.02. The lowest BCUT2D eigenvalue weighted by molar-refractivity contribution is -0.118. The molecule has 0 aliphatic heterocycles. The Balaban J connectivity index is 1.81. The predicted octanol–water partition coefficient (Wildman–Crippen LogP) is 4.38. The number of nitrogens with zero attached hydrogens (tertiary/aromatic N) is 2. The van der Waals surface area contributed by atoms with Crippen LogP contribution in [-0.2, 0) is 14.8 Å². The Labute approximate surface area is 193 Å². The normalized spacial score (nSPS) is 12.7. The first-order valence-electron chi connectivity index (χ1n) is 10.3. The average Bonchev–Trinajstić information content (AvgIpc) is 3.13. The minimum Gasteiger partial charge on any atom is -0.299 e. The number of anilines is 1. The number of hydrogen-bond donors (Lipinski definition) is 2. The molecule has 0 aliphatic rings. The average molecular weight is 473 g/mol. The number of carbonyl (C=O) groups is 1. The van der Waals surface area contributed by atoms with Crippen LogP contribution >= 0.6 is 11.3 Å². The fourth-order valence-corrected chi connectivity index (χ4v) is 6.20. The number of amides is 1. The number of aromatic nitrogens is 2. The summed E-state index contributed by atoms with van der Waals surface area (Å²) < 4.78 is 28.9. The van der Waals surface area contributed by atoms with Crippen LogP contribution < -0.4 is 10.0 Å². The van der Waals surface area contributed by atoms with Gasteiger partial charge in [-0.3, -0.25) is 10.1 Å². The first kappa shape index (κ1) is 24.0. The molecule has 0 aliphatic carbocycles. The van der Waals surface area contributed by atoms with Gasteiger partial charge in [0.15, 0.2) is 0 Å². The molecule has 2 aromatic carbocycles. The maximum atomic E-state index is 13.2. The molecule has 0 saturated heterocycles. The van der Waals surface area contributed by atoms with Gasteiger partial charge in [0.2, 0.25) is 21.1 Å². The SMILES string of the molecule is Cc1cccc(-c2nnc(NC(=O)C(NS(=O)(=O)c3c(C)cc(C)cc3C)C(C)C)s2)c1. The lowest BCUT2D eigenvalue weighted by Crippen LogP contribution is -2.47. The summed E-state index contributed by atoms with van der Waals surface area (Å²) in [6.45, 7) is 11.0. The third-order valence-corrected chi connectivity index (χ3v) is 7.66. The van der Waals surface area contributed by atoms with Crippen molar-refractivity contribution in [1.82, 2.24) is 14.9 Å². The molecule has 1 aromatic heterocycles. The summed E-state index contributed by atoms with van der Waals surface area (Å²) in [6, 6.07) is 10.5. The Hall–Kier alpha value is -2.62. The Morgan fingerprint density at radius 3 is 2.22 bits per heavy atom. The highest BCUT2D eigenvalue weighted by Crippen LogP contribution is 2.27. The van der Waals surface area contributed by atoms with Crippen molar-refractivity contribution in [2.45, 2.75) is 52.5 Å². The van der Waals surface area contributed by atoms with E-state index in [2.05, 4.69) is 20.2 Å². The van der Waals surface area contributed by atoms with E-state index in [-0.39, 0.29) is 10.8 Å². The molecule has 1 heterocycles. The van der Waals surface area contributed by atoms with Crippen molar-refractivity contribution in [3.8, 4) is 10.6 Å². The standard InChI is InChI=1S/C23H28N4O3S2/c1-13(2)19(27-32(29,30)20-16(5)10-15(4)11-17(20)6)21(28)24-23-26-25-22(31-23)18-9-7-8-14(3)12-18/h7-13,19,27H,1-6H3,(H,24,26,28). The first-order valence-corrected chi connectivity index (χ1v) is 12.6. The summed E-state index contributed by atoms with van der Waals surface area (Å²) in [5, 5.41) is 11.9. The van der Waals surface area contributed by atoms with Gasteiger partial charge in [0.1, 0.15) is 11.0 Å². The van der Waals surface area contributed by atoms with Gasteiger partial charge in [-0.05, 0) is 50.8 Å². The number of benzene rings is 2. The second kappa shape index (κ2) is 9.48. The number of hydrogen-bond acceptors (Lipinski definition) is 6. The first-order chi connectivity index (χ1) is 15.0. The molecule has 0 spiro atoms. The van der Waals surface area contributed by atoms with E-state index in [0.717, 1.165) is 16.7 Å². The number of carbonyl (C=O) groups excluding carboxylic acids is 1. The van der Waals surface area contributed by atoms with Gasteiger partial charge in [0, 0.05) is 5.56 Å². The van der Waals surface area contributed by atoms with Crippen molar-refractivity contribution < 1.29 is 13.2 Å². The monoisotopic (exact) mass is 472 g/mol. The molecule has 0 bridgehead atoms. The van der Waals surface area contributed by atoms with Gasteiger partial charge >= 0.3 is 0 Å². The van der Waals surface area contributed by atoms with Crippen molar-refractivity contribution in [2.24, 2.45) is 5.92 Å². The Morgan fingerprint density at radius 2 is 1.62 bits per heavy atom.